The summed E-state index contributed by atoms with van der Waals surface area (Å²) < 4.78 is 2.40. The Balaban J connectivity index is 1.66. The van der Waals surface area contributed by atoms with Gasteiger partial charge in [-0.3, -0.25) is 0 Å². The third-order valence-electron chi connectivity index (χ3n) is 7.97. The van der Waals surface area contributed by atoms with Gasteiger partial charge in [0.05, 0.1) is 0 Å². The van der Waals surface area contributed by atoms with Gasteiger partial charge in [0.2, 0.25) is 0 Å². The summed E-state index contributed by atoms with van der Waals surface area (Å²) in [6.45, 7) is 5.63. The van der Waals surface area contributed by atoms with Crippen LogP contribution in [-0.2, 0) is 18.4 Å². The largest absolute Gasteiger partial charge is 0.330 e. The highest BCUT2D eigenvalue weighted by Gasteiger charge is 2.39. The number of aromatic nitrogens is 2. The Morgan fingerprint density at radius 3 is 1.92 bits per heavy atom. The number of unbranched alkanes of at least 4 members (excludes halogenated alkanes) is 6. The number of imidazole rings is 1. The highest BCUT2D eigenvalue weighted by Crippen LogP contribution is 2.44. The molecule has 4 rings (SSSR count). The molecule has 0 aliphatic carbocycles. The van der Waals surface area contributed by atoms with Crippen LogP contribution in [0.15, 0.2) is 103 Å². The summed E-state index contributed by atoms with van der Waals surface area (Å²) in [7, 11) is 0. The summed E-state index contributed by atoms with van der Waals surface area (Å²) in [4.78, 5) is 5.05. The molecule has 0 amide bonds. The minimum Gasteiger partial charge on any atom is -0.330 e. The molecule has 4 aromatic rings. The highest BCUT2D eigenvalue weighted by atomic mass is 15.1. The summed E-state index contributed by atoms with van der Waals surface area (Å²) in [5.74, 6) is 1.54. The van der Waals surface area contributed by atoms with Crippen LogP contribution in [0.25, 0.3) is 0 Å². The van der Waals surface area contributed by atoms with Crippen molar-refractivity contribution < 1.29 is 0 Å². The number of hydrogen-bond donors (Lipinski definition) is 0. The quantitative estimate of drug-likeness (QED) is 0.151. The molecule has 0 fully saturated rings. The Morgan fingerprint density at radius 2 is 1.27 bits per heavy atom. The van der Waals surface area contributed by atoms with E-state index < -0.39 is 0 Å². The van der Waals surface area contributed by atoms with Crippen molar-refractivity contribution in [1.29, 1.82) is 0 Å². The van der Waals surface area contributed by atoms with Crippen LogP contribution in [-0.4, -0.2) is 9.55 Å². The summed E-state index contributed by atoms with van der Waals surface area (Å²) in [5, 5.41) is 0. The van der Waals surface area contributed by atoms with Gasteiger partial charge in [0.15, 0.2) is 0 Å². The lowest BCUT2D eigenvalue weighted by molar-refractivity contribution is 0.324. The number of hydrogen-bond acceptors (Lipinski definition) is 1. The van der Waals surface area contributed by atoms with Crippen LogP contribution >= 0.6 is 0 Å². The molecule has 2 atom stereocenters. The van der Waals surface area contributed by atoms with E-state index >= 15 is 0 Å². The molecule has 0 spiro atoms. The maximum absolute atomic E-state index is 5.05. The van der Waals surface area contributed by atoms with E-state index in [1.807, 2.05) is 6.20 Å². The van der Waals surface area contributed by atoms with E-state index in [2.05, 4.69) is 116 Å². The zero-order valence-electron chi connectivity index (χ0n) is 22.9. The third-order valence-corrected chi connectivity index (χ3v) is 7.97. The number of nitrogens with zero attached hydrogens (tertiary/aromatic N) is 2. The molecule has 0 bridgehead atoms. The fraction of sp³-hybridized carbons (Fsp3) is 0.400. The minimum absolute atomic E-state index is 0.0649. The molecule has 0 saturated heterocycles. The summed E-state index contributed by atoms with van der Waals surface area (Å²) in [6.07, 6.45) is 15.6. The molecule has 0 aliphatic heterocycles. The van der Waals surface area contributed by atoms with E-state index in [1.54, 1.807) is 0 Å². The maximum Gasteiger partial charge on any atom is 0.112 e. The Hall–Kier alpha value is -3.13. The van der Waals surface area contributed by atoms with E-state index in [9.17, 15) is 0 Å². The van der Waals surface area contributed by atoms with Crippen LogP contribution in [0.1, 0.15) is 93.6 Å². The van der Waals surface area contributed by atoms with Gasteiger partial charge in [0, 0.05) is 30.3 Å². The fourth-order valence-electron chi connectivity index (χ4n) is 5.85. The van der Waals surface area contributed by atoms with Crippen molar-refractivity contribution in [3.8, 4) is 0 Å². The Kier molecular flexibility index (Phi) is 10.2. The molecule has 2 heteroatoms. The normalized spacial score (nSPS) is 13.8. The SMILES string of the molecule is CCCCCCCCCC(c1nccn1Cc1ccccc1)C(C)(Cc1ccccc1)c1ccccc1. The Morgan fingerprint density at radius 1 is 0.703 bits per heavy atom. The topological polar surface area (TPSA) is 17.8 Å². The third kappa shape index (κ3) is 7.44. The van der Waals surface area contributed by atoms with Crippen molar-refractivity contribution in [2.75, 3.05) is 0 Å². The molecule has 3 aromatic carbocycles. The van der Waals surface area contributed by atoms with Crippen molar-refractivity contribution in [1.82, 2.24) is 9.55 Å². The zero-order valence-corrected chi connectivity index (χ0v) is 22.9. The second-order valence-corrected chi connectivity index (χ2v) is 10.8. The molecule has 0 saturated carbocycles. The van der Waals surface area contributed by atoms with Crippen LogP contribution in [0, 0.1) is 0 Å². The average Bonchev–Trinajstić information content (AvgIpc) is 3.39. The summed E-state index contributed by atoms with van der Waals surface area (Å²) >= 11 is 0. The van der Waals surface area contributed by atoms with Crippen molar-refractivity contribution in [3.63, 3.8) is 0 Å². The van der Waals surface area contributed by atoms with Crippen LogP contribution in [0.3, 0.4) is 0 Å². The lowest BCUT2D eigenvalue weighted by atomic mass is 9.66. The monoisotopic (exact) mass is 492 g/mol. The molecule has 37 heavy (non-hydrogen) atoms. The molecule has 2 unspecified atom stereocenters. The number of benzene rings is 3. The van der Waals surface area contributed by atoms with Gasteiger partial charge in [-0.25, -0.2) is 4.98 Å². The van der Waals surface area contributed by atoms with Crippen LogP contribution in [0.4, 0.5) is 0 Å². The van der Waals surface area contributed by atoms with Crippen LogP contribution in [0.5, 0.6) is 0 Å². The molecule has 0 radical (unpaired) electrons. The van der Waals surface area contributed by atoms with Gasteiger partial charge >= 0.3 is 0 Å². The van der Waals surface area contributed by atoms with E-state index in [4.69, 9.17) is 4.98 Å². The molecule has 1 aromatic heterocycles. The maximum atomic E-state index is 5.05. The molecular formula is C35H44N2. The molecule has 0 N–H and O–H groups in total. The Labute approximate surface area is 224 Å². The van der Waals surface area contributed by atoms with Gasteiger partial charge < -0.3 is 4.57 Å². The second-order valence-electron chi connectivity index (χ2n) is 10.8. The highest BCUT2D eigenvalue weighted by molar-refractivity contribution is 5.33. The molecule has 0 aliphatic rings. The van der Waals surface area contributed by atoms with Crippen LogP contribution < -0.4 is 0 Å². The molecule has 194 valence electrons. The molecule has 1 heterocycles. The van der Waals surface area contributed by atoms with Crippen molar-refractivity contribution in [3.05, 3.63) is 126 Å². The van der Waals surface area contributed by atoms with Gasteiger partial charge in [0.1, 0.15) is 5.82 Å². The summed E-state index contributed by atoms with van der Waals surface area (Å²) in [5.41, 5.74) is 4.05. The smallest absolute Gasteiger partial charge is 0.112 e. The standard InChI is InChI=1S/C35H44N2/c1-3-4-5-6-7-8-18-25-33(34-36-26-27-37(34)29-31-21-14-10-15-22-31)35(2,32-23-16-11-17-24-32)28-30-19-12-9-13-20-30/h9-17,19-24,26-27,33H,3-8,18,25,28-29H2,1-2H3. The minimum atomic E-state index is -0.0649. The lowest BCUT2D eigenvalue weighted by Crippen LogP contribution is -2.35. The van der Waals surface area contributed by atoms with Gasteiger partial charge in [-0.1, -0.05) is 150 Å². The average molecular weight is 493 g/mol. The number of rotatable bonds is 15. The van der Waals surface area contributed by atoms with Crippen molar-refractivity contribution in [2.45, 2.75) is 89.5 Å². The van der Waals surface area contributed by atoms with Gasteiger partial charge in [-0.2, -0.15) is 0 Å². The van der Waals surface area contributed by atoms with Crippen molar-refractivity contribution >= 4 is 0 Å². The fourth-order valence-corrected chi connectivity index (χ4v) is 5.85. The van der Waals surface area contributed by atoms with E-state index in [0.717, 1.165) is 19.4 Å². The second kappa shape index (κ2) is 14.0. The van der Waals surface area contributed by atoms with Gasteiger partial charge in [0.25, 0.3) is 0 Å². The first-order valence-corrected chi connectivity index (χ1v) is 14.3. The van der Waals surface area contributed by atoms with Gasteiger partial charge in [-0.15, -0.1) is 0 Å². The van der Waals surface area contributed by atoms with E-state index in [0.29, 0.717) is 5.92 Å². The molecule has 2 nitrogen and oxygen atoms in total. The summed E-state index contributed by atoms with van der Waals surface area (Å²) in [6, 6.07) is 33.0. The zero-order chi connectivity index (χ0) is 25.8. The predicted molar refractivity (Wildman–Crippen MR) is 157 cm³/mol. The van der Waals surface area contributed by atoms with Crippen molar-refractivity contribution in [2.24, 2.45) is 0 Å². The first-order valence-electron chi connectivity index (χ1n) is 14.3. The predicted octanol–water partition coefficient (Wildman–Crippen LogP) is 9.36. The van der Waals surface area contributed by atoms with E-state index in [-0.39, 0.29) is 5.41 Å². The first kappa shape index (κ1) is 26.9. The van der Waals surface area contributed by atoms with Gasteiger partial charge in [-0.05, 0) is 29.5 Å². The first-order chi connectivity index (χ1) is 18.2. The van der Waals surface area contributed by atoms with E-state index in [1.165, 1.54) is 67.5 Å². The molecular weight excluding hydrogens is 448 g/mol. The Bertz CT molecular complexity index is 1150. The van der Waals surface area contributed by atoms with Crippen LogP contribution in [0.2, 0.25) is 0 Å². The lowest BCUT2D eigenvalue weighted by Gasteiger charge is -2.39.